The van der Waals surface area contributed by atoms with Crippen molar-refractivity contribution in [1.29, 1.82) is 0 Å². The summed E-state index contributed by atoms with van der Waals surface area (Å²) >= 11 is 0. The van der Waals surface area contributed by atoms with E-state index in [9.17, 15) is 0 Å². The van der Waals surface area contributed by atoms with Crippen molar-refractivity contribution in [2.75, 3.05) is 41.0 Å². The molecule has 1 aliphatic heterocycles. The molecule has 2 heterocycles. The summed E-state index contributed by atoms with van der Waals surface area (Å²) in [6.45, 7) is 3.27. The van der Waals surface area contributed by atoms with Crippen LogP contribution >= 0.6 is 0 Å². The van der Waals surface area contributed by atoms with E-state index in [4.69, 9.17) is 15.3 Å². The molecule has 0 radical (unpaired) electrons. The molecule has 1 aliphatic rings. The van der Waals surface area contributed by atoms with Gasteiger partial charge in [0.15, 0.2) is 5.75 Å². The number of nitrogens with one attached hydrogen (secondary N) is 1. The monoisotopic (exact) mass is 297 g/mol. The van der Waals surface area contributed by atoms with Crippen LogP contribution in [0.4, 0.5) is 0 Å². The summed E-state index contributed by atoms with van der Waals surface area (Å²) in [7, 11) is 5.77. The van der Waals surface area contributed by atoms with Crippen LogP contribution in [0.15, 0.2) is 6.20 Å². The molecular formula is C14H27N5O2. The van der Waals surface area contributed by atoms with Crippen LogP contribution in [0.3, 0.4) is 0 Å². The predicted octanol–water partition coefficient (Wildman–Crippen LogP) is 0.384. The largest absolute Gasteiger partial charge is 0.493 e. The number of nitrogens with zero attached hydrogens (tertiary/aromatic N) is 3. The number of nitrogens with two attached hydrogens (primary N) is 1. The van der Waals surface area contributed by atoms with Crippen molar-refractivity contribution in [1.82, 2.24) is 20.1 Å². The molecule has 1 aromatic heterocycles. The SMILES string of the molecule is COc1cnn(CCN(C)C)c1C(NN)C1CCCOC1. The molecule has 7 nitrogen and oxygen atoms in total. The number of rotatable bonds is 7. The van der Waals surface area contributed by atoms with Gasteiger partial charge in [-0.1, -0.05) is 0 Å². The Balaban J connectivity index is 2.22. The zero-order valence-corrected chi connectivity index (χ0v) is 13.2. The second-order valence-corrected chi connectivity index (χ2v) is 5.75. The standard InChI is InChI=1S/C14H27N5O2/c1-18(2)6-7-19-14(12(20-3)9-16-19)13(17-15)11-5-4-8-21-10-11/h9,11,13,17H,4-8,10,15H2,1-3H3. The third-order valence-electron chi connectivity index (χ3n) is 3.96. The third-order valence-corrected chi connectivity index (χ3v) is 3.96. The van der Waals surface area contributed by atoms with Gasteiger partial charge in [0.1, 0.15) is 0 Å². The summed E-state index contributed by atoms with van der Waals surface area (Å²) in [6, 6.07) is -0.00934. The molecule has 2 rings (SSSR count). The van der Waals surface area contributed by atoms with Crippen LogP contribution in [0.25, 0.3) is 0 Å². The topological polar surface area (TPSA) is 77.6 Å². The molecule has 2 atom stereocenters. The van der Waals surface area contributed by atoms with E-state index in [0.29, 0.717) is 5.92 Å². The molecule has 3 N–H and O–H groups in total. The number of aromatic nitrogens is 2. The van der Waals surface area contributed by atoms with Crippen LogP contribution in [0, 0.1) is 5.92 Å². The van der Waals surface area contributed by atoms with Crippen LogP contribution in [0.1, 0.15) is 24.6 Å². The number of likely N-dealkylation sites (N-methyl/N-ethyl adjacent to an activating group) is 1. The summed E-state index contributed by atoms with van der Waals surface area (Å²) in [5.74, 6) is 6.95. The highest BCUT2D eigenvalue weighted by Crippen LogP contribution is 2.33. The summed E-state index contributed by atoms with van der Waals surface area (Å²) in [6.07, 6.45) is 3.92. The number of ether oxygens (including phenoxy) is 2. The third kappa shape index (κ3) is 3.94. The Morgan fingerprint density at radius 2 is 2.43 bits per heavy atom. The zero-order chi connectivity index (χ0) is 15.2. The summed E-state index contributed by atoms with van der Waals surface area (Å²) in [5, 5.41) is 4.45. The lowest BCUT2D eigenvalue weighted by Gasteiger charge is -2.30. The Labute approximate surface area is 126 Å². The Bertz CT molecular complexity index is 429. The average Bonchev–Trinajstić information content (AvgIpc) is 2.90. The molecule has 0 spiro atoms. The molecule has 0 amide bonds. The van der Waals surface area contributed by atoms with Gasteiger partial charge in [-0.25, -0.2) is 0 Å². The van der Waals surface area contributed by atoms with Crippen molar-refractivity contribution in [3.05, 3.63) is 11.9 Å². The first-order valence-electron chi connectivity index (χ1n) is 7.45. The zero-order valence-electron chi connectivity index (χ0n) is 13.2. The number of hydrogen-bond donors (Lipinski definition) is 2. The Hall–Kier alpha value is -1.15. The van der Waals surface area contributed by atoms with Crippen molar-refractivity contribution in [3.8, 4) is 5.75 Å². The Morgan fingerprint density at radius 3 is 3.00 bits per heavy atom. The van der Waals surface area contributed by atoms with E-state index in [-0.39, 0.29) is 6.04 Å². The first-order valence-corrected chi connectivity index (χ1v) is 7.45. The summed E-state index contributed by atoms with van der Waals surface area (Å²) in [4.78, 5) is 2.13. The van der Waals surface area contributed by atoms with Gasteiger partial charge in [0.2, 0.25) is 0 Å². The van der Waals surface area contributed by atoms with Crippen LogP contribution < -0.4 is 16.0 Å². The van der Waals surface area contributed by atoms with Gasteiger partial charge >= 0.3 is 0 Å². The first-order chi connectivity index (χ1) is 10.2. The van der Waals surface area contributed by atoms with Crippen molar-refractivity contribution in [2.24, 2.45) is 11.8 Å². The molecule has 21 heavy (non-hydrogen) atoms. The number of methoxy groups -OCH3 is 1. The molecule has 0 saturated carbocycles. The second-order valence-electron chi connectivity index (χ2n) is 5.75. The molecule has 7 heteroatoms. The normalized spacial score (nSPS) is 20.7. The van der Waals surface area contributed by atoms with Crippen LogP contribution in [-0.4, -0.2) is 55.6 Å². The van der Waals surface area contributed by atoms with Crippen LogP contribution in [0.5, 0.6) is 5.75 Å². The van der Waals surface area contributed by atoms with E-state index >= 15 is 0 Å². The molecule has 0 aromatic carbocycles. The molecule has 0 aliphatic carbocycles. The van der Waals surface area contributed by atoms with E-state index in [0.717, 1.165) is 50.6 Å². The fraction of sp³-hybridized carbons (Fsp3) is 0.786. The van der Waals surface area contributed by atoms with E-state index in [2.05, 4.69) is 15.4 Å². The van der Waals surface area contributed by atoms with E-state index in [1.807, 2.05) is 18.8 Å². The fourth-order valence-electron chi connectivity index (χ4n) is 2.79. The highest BCUT2D eigenvalue weighted by Gasteiger charge is 2.30. The molecular weight excluding hydrogens is 270 g/mol. The lowest BCUT2D eigenvalue weighted by atomic mass is 9.91. The van der Waals surface area contributed by atoms with Gasteiger partial charge in [-0.3, -0.25) is 16.0 Å². The maximum absolute atomic E-state index is 5.83. The minimum atomic E-state index is -0.00934. The minimum absolute atomic E-state index is 0.00934. The number of hydrogen-bond acceptors (Lipinski definition) is 6. The van der Waals surface area contributed by atoms with Gasteiger partial charge in [-0.05, 0) is 26.9 Å². The number of hydrazine groups is 1. The van der Waals surface area contributed by atoms with Gasteiger partial charge in [0.05, 0.1) is 38.2 Å². The van der Waals surface area contributed by atoms with E-state index in [1.165, 1.54) is 0 Å². The fourth-order valence-corrected chi connectivity index (χ4v) is 2.79. The molecule has 1 saturated heterocycles. The highest BCUT2D eigenvalue weighted by molar-refractivity contribution is 5.29. The van der Waals surface area contributed by atoms with Crippen molar-refractivity contribution >= 4 is 0 Å². The Kier molecular flexibility index (Phi) is 5.98. The average molecular weight is 297 g/mol. The molecule has 1 aromatic rings. The lowest BCUT2D eigenvalue weighted by Crippen LogP contribution is -2.39. The van der Waals surface area contributed by atoms with Gasteiger partial charge in [0, 0.05) is 19.1 Å². The maximum atomic E-state index is 5.83. The molecule has 120 valence electrons. The van der Waals surface area contributed by atoms with Crippen molar-refractivity contribution < 1.29 is 9.47 Å². The van der Waals surface area contributed by atoms with Gasteiger partial charge < -0.3 is 14.4 Å². The van der Waals surface area contributed by atoms with Gasteiger partial charge in [-0.2, -0.15) is 5.10 Å². The summed E-state index contributed by atoms with van der Waals surface area (Å²) < 4.78 is 13.1. The molecule has 2 unspecified atom stereocenters. The second kappa shape index (κ2) is 7.74. The van der Waals surface area contributed by atoms with Crippen molar-refractivity contribution in [3.63, 3.8) is 0 Å². The molecule has 0 bridgehead atoms. The minimum Gasteiger partial charge on any atom is -0.493 e. The molecule has 1 fully saturated rings. The van der Waals surface area contributed by atoms with Gasteiger partial charge in [0.25, 0.3) is 0 Å². The highest BCUT2D eigenvalue weighted by atomic mass is 16.5. The summed E-state index contributed by atoms with van der Waals surface area (Å²) in [5.41, 5.74) is 3.95. The van der Waals surface area contributed by atoms with Gasteiger partial charge in [-0.15, -0.1) is 0 Å². The lowest BCUT2D eigenvalue weighted by molar-refractivity contribution is 0.0372. The quantitative estimate of drug-likeness (QED) is 0.560. The predicted molar refractivity (Wildman–Crippen MR) is 80.9 cm³/mol. The maximum Gasteiger partial charge on any atom is 0.161 e. The van der Waals surface area contributed by atoms with Crippen LogP contribution in [-0.2, 0) is 11.3 Å². The first kappa shape index (κ1) is 16.2. The van der Waals surface area contributed by atoms with E-state index in [1.54, 1.807) is 13.3 Å². The van der Waals surface area contributed by atoms with Crippen molar-refractivity contribution in [2.45, 2.75) is 25.4 Å². The van der Waals surface area contributed by atoms with E-state index < -0.39 is 0 Å². The smallest absolute Gasteiger partial charge is 0.161 e. The van der Waals surface area contributed by atoms with Crippen LogP contribution in [0.2, 0.25) is 0 Å². The Morgan fingerprint density at radius 1 is 1.62 bits per heavy atom.